The van der Waals surface area contributed by atoms with Crippen LogP contribution in [0.2, 0.25) is 0 Å². The van der Waals surface area contributed by atoms with Gasteiger partial charge >= 0.3 is 0 Å². The van der Waals surface area contributed by atoms with E-state index in [2.05, 4.69) is 20.1 Å². The summed E-state index contributed by atoms with van der Waals surface area (Å²) in [5.74, 6) is -1.09. The summed E-state index contributed by atoms with van der Waals surface area (Å²) in [4.78, 5) is -0.220. The van der Waals surface area contributed by atoms with Gasteiger partial charge in [0, 0.05) is 0 Å². The Balaban J connectivity index is 2.43. The lowest BCUT2D eigenvalue weighted by Gasteiger charge is -2.10. The fraction of sp³-hybridized carbons (Fsp3) is 0.0909. The molecule has 1 aromatic carbocycles. The van der Waals surface area contributed by atoms with Gasteiger partial charge in [0.25, 0.3) is 10.0 Å². The van der Waals surface area contributed by atoms with Crippen molar-refractivity contribution in [3.63, 3.8) is 0 Å². The van der Waals surface area contributed by atoms with Gasteiger partial charge in [-0.15, -0.1) is 0 Å². The van der Waals surface area contributed by atoms with E-state index in [1.807, 2.05) is 0 Å². The number of oxime groups is 1. The van der Waals surface area contributed by atoms with Crippen LogP contribution in [-0.4, -0.2) is 29.7 Å². The van der Waals surface area contributed by atoms with E-state index in [-0.39, 0.29) is 22.1 Å². The molecule has 112 valence electrons. The number of amidine groups is 1. The Kier molecular flexibility index (Phi) is 3.80. The van der Waals surface area contributed by atoms with Crippen molar-refractivity contribution >= 4 is 21.7 Å². The lowest BCUT2D eigenvalue weighted by Crippen LogP contribution is -2.19. The molecule has 0 aliphatic carbocycles. The summed E-state index contributed by atoms with van der Waals surface area (Å²) in [6.07, 6.45) is 1.19. The van der Waals surface area contributed by atoms with Gasteiger partial charge in [0.2, 0.25) is 0 Å². The second kappa shape index (κ2) is 5.40. The fourth-order valence-corrected chi connectivity index (χ4v) is 2.96. The third kappa shape index (κ3) is 2.94. The quantitative estimate of drug-likeness (QED) is 0.286. The van der Waals surface area contributed by atoms with Crippen molar-refractivity contribution in [3.05, 3.63) is 41.3 Å². The molecule has 0 aliphatic rings. The predicted molar refractivity (Wildman–Crippen MR) is 73.0 cm³/mol. The largest absolute Gasteiger partial charge is 0.409 e. The molecule has 8 nitrogen and oxygen atoms in total. The number of rotatable bonds is 4. The van der Waals surface area contributed by atoms with E-state index in [1.165, 1.54) is 19.2 Å². The van der Waals surface area contributed by atoms with Crippen LogP contribution in [0.15, 0.2) is 34.4 Å². The number of nitrogens with two attached hydrogens (primary N) is 1. The van der Waals surface area contributed by atoms with E-state index < -0.39 is 15.8 Å². The fourth-order valence-electron chi connectivity index (χ4n) is 1.66. The summed E-state index contributed by atoms with van der Waals surface area (Å²) in [5.41, 5.74) is 5.83. The molecule has 0 saturated carbocycles. The highest BCUT2D eigenvalue weighted by atomic mass is 32.2. The maximum absolute atomic E-state index is 13.2. The topological polar surface area (TPSA) is 133 Å². The minimum Gasteiger partial charge on any atom is -0.409 e. The maximum Gasteiger partial charge on any atom is 0.263 e. The Bertz CT molecular complexity index is 800. The molecule has 0 saturated heterocycles. The first-order valence-electron chi connectivity index (χ1n) is 5.65. The summed E-state index contributed by atoms with van der Waals surface area (Å²) in [5, 5.41) is 17.4. The Labute approximate surface area is 119 Å². The number of sulfonamides is 1. The van der Waals surface area contributed by atoms with Gasteiger partial charge in [0.1, 0.15) is 11.6 Å². The first-order valence-corrected chi connectivity index (χ1v) is 7.13. The van der Waals surface area contributed by atoms with Gasteiger partial charge in [-0.2, -0.15) is 5.10 Å². The van der Waals surface area contributed by atoms with Gasteiger partial charge in [0.05, 0.1) is 16.7 Å². The monoisotopic (exact) mass is 313 g/mol. The van der Waals surface area contributed by atoms with Crippen molar-refractivity contribution in [2.75, 3.05) is 4.72 Å². The molecule has 0 radical (unpaired) electrons. The minimum absolute atomic E-state index is 0.0649. The molecule has 0 spiro atoms. The van der Waals surface area contributed by atoms with E-state index in [4.69, 9.17) is 10.9 Å². The zero-order chi connectivity index (χ0) is 15.6. The molecular weight excluding hydrogens is 301 g/mol. The molecule has 0 unspecified atom stereocenters. The number of anilines is 1. The molecule has 0 aliphatic heterocycles. The zero-order valence-corrected chi connectivity index (χ0v) is 11.6. The number of nitrogens with one attached hydrogen (secondary N) is 2. The molecule has 2 rings (SSSR count). The second-order valence-corrected chi connectivity index (χ2v) is 5.81. The maximum atomic E-state index is 13.2. The molecule has 0 fully saturated rings. The number of aromatic amines is 1. The first-order chi connectivity index (χ1) is 9.85. The van der Waals surface area contributed by atoms with Crippen molar-refractivity contribution in [1.29, 1.82) is 0 Å². The van der Waals surface area contributed by atoms with Crippen LogP contribution in [0.25, 0.3) is 0 Å². The number of halogens is 1. The number of H-pyrrole nitrogens is 1. The molecule has 2 aromatic rings. The van der Waals surface area contributed by atoms with Crippen molar-refractivity contribution in [3.8, 4) is 0 Å². The molecule has 5 N–H and O–H groups in total. The highest BCUT2D eigenvalue weighted by Gasteiger charge is 2.21. The van der Waals surface area contributed by atoms with Gasteiger partial charge in [-0.1, -0.05) is 11.2 Å². The first kappa shape index (κ1) is 14.8. The molecule has 0 bridgehead atoms. The summed E-state index contributed by atoms with van der Waals surface area (Å²) in [6, 6.07) is 3.41. The standard InChI is InChI=1S/C11H12FN5O3S/c1-6-2-3-7(12)4-9(6)21(19,20)17-11-8(5-14-15-11)10(13)16-18/h2-5,18H,1H3,(H2,13,16)(H2,14,15,17). The number of hydrogen-bond acceptors (Lipinski definition) is 5. The Morgan fingerprint density at radius 2 is 2.24 bits per heavy atom. The van der Waals surface area contributed by atoms with Crippen LogP contribution in [0.5, 0.6) is 0 Å². The predicted octanol–water partition coefficient (Wildman–Crippen LogP) is 0.753. The average molecular weight is 313 g/mol. The van der Waals surface area contributed by atoms with Crippen LogP contribution in [0, 0.1) is 12.7 Å². The molecule has 1 heterocycles. The van der Waals surface area contributed by atoms with Crippen LogP contribution in [-0.2, 0) is 10.0 Å². The molecule has 1 aromatic heterocycles. The number of nitrogens with zero attached hydrogens (tertiary/aromatic N) is 2. The van der Waals surface area contributed by atoms with Crippen molar-refractivity contribution < 1.29 is 18.0 Å². The summed E-state index contributed by atoms with van der Waals surface area (Å²) in [7, 11) is -4.05. The van der Waals surface area contributed by atoms with Gasteiger partial charge in [-0.05, 0) is 24.6 Å². The highest BCUT2D eigenvalue weighted by molar-refractivity contribution is 7.92. The summed E-state index contributed by atoms with van der Waals surface area (Å²) < 4.78 is 39.9. The van der Waals surface area contributed by atoms with Crippen LogP contribution in [0.4, 0.5) is 10.2 Å². The smallest absolute Gasteiger partial charge is 0.263 e. The zero-order valence-electron chi connectivity index (χ0n) is 10.8. The van der Waals surface area contributed by atoms with E-state index in [0.29, 0.717) is 5.56 Å². The molecule has 21 heavy (non-hydrogen) atoms. The van der Waals surface area contributed by atoms with Crippen LogP contribution in [0.1, 0.15) is 11.1 Å². The number of hydrogen-bond donors (Lipinski definition) is 4. The third-order valence-corrected chi connectivity index (χ3v) is 4.19. The van der Waals surface area contributed by atoms with Crippen molar-refractivity contribution in [1.82, 2.24) is 10.2 Å². The summed E-state index contributed by atoms with van der Waals surface area (Å²) in [6.45, 7) is 1.53. The Morgan fingerprint density at radius 3 is 2.90 bits per heavy atom. The van der Waals surface area contributed by atoms with Crippen LogP contribution < -0.4 is 10.5 Å². The lowest BCUT2D eigenvalue weighted by atomic mass is 10.2. The number of aryl methyl sites for hydroxylation is 1. The molecule has 10 heteroatoms. The second-order valence-electron chi connectivity index (χ2n) is 4.16. The Hall–Kier alpha value is -2.62. The van der Waals surface area contributed by atoms with Crippen LogP contribution in [0.3, 0.4) is 0 Å². The summed E-state index contributed by atoms with van der Waals surface area (Å²) >= 11 is 0. The van der Waals surface area contributed by atoms with E-state index in [0.717, 1.165) is 12.1 Å². The highest BCUT2D eigenvalue weighted by Crippen LogP contribution is 2.21. The van der Waals surface area contributed by atoms with Crippen LogP contribution >= 0.6 is 0 Å². The number of benzene rings is 1. The van der Waals surface area contributed by atoms with Crippen molar-refractivity contribution in [2.45, 2.75) is 11.8 Å². The van der Waals surface area contributed by atoms with E-state index >= 15 is 0 Å². The normalized spacial score (nSPS) is 12.4. The minimum atomic E-state index is -4.05. The van der Waals surface area contributed by atoms with Gasteiger partial charge in [0.15, 0.2) is 5.84 Å². The third-order valence-electron chi connectivity index (χ3n) is 2.70. The lowest BCUT2D eigenvalue weighted by molar-refractivity contribution is 0.318. The molecular formula is C11H12FN5O3S. The van der Waals surface area contributed by atoms with Gasteiger partial charge in [-0.25, -0.2) is 12.8 Å². The number of aromatic nitrogens is 2. The average Bonchev–Trinajstić information content (AvgIpc) is 2.87. The van der Waals surface area contributed by atoms with E-state index in [9.17, 15) is 12.8 Å². The van der Waals surface area contributed by atoms with Gasteiger partial charge < -0.3 is 10.9 Å². The van der Waals surface area contributed by atoms with Gasteiger partial charge in [-0.3, -0.25) is 9.82 Å². The Morgan fingerprint density at radius 1 is 1.52 bits per heavy atom. The SMILES string of the molecule is Cc1ccc(F)cc1S(=O)(=O)Nc1[nH]ncc1C(N)=NO. The van der Waals surface area contributed by atoms with E-state index in [1.54, 1.807) is 0 Å². The van der Waals surface area contributed by atoms with Crippen molar-refractivity contribution in [2.24, 2.45) is 10.9 Å². The molecule has 0 amide bonds. The molecule has 0 atom stereocenters.